The molecule has 7 heteroatoms. The van der Waals surface area contributed by atoms with E-state index in [0.717, 1.165) is 17.7 Å². The highest BCUT2D eigenvalue weighted by Gasteiger charge is 2.27. The highest BCUT2D eigenvalue weighted by atomic mass is 32.2. The normalized spacial score (nSPS) is 16.1. The number of benzene rings is 3. The molecule has 1 aliphatic rings. The molecule has 6 nitrogen and oxygen atoms in total. The molecule has 0 saturated carbocycles. The lowest BCUT2D eigenvalue weighted by Gasteiger charge is -2.18. The lowest BCUT2D eigenvalue weighted by molar-refractivity contribution is 0.0791. The van der Waals surface area contributed by atoms with E-state index in [4.69, 9.17) is 0 Å². The Morgan fingerprint density at radius 3 is 2.38 bits per heavy atom. The molecule has 0 aliphatic carbocycles. The Bertz CT molecular complexity index is 1210. The molecule has 1 saturated heterocycles. The predicted molar refractivity (Wildman–Crippen MR) is 128 cm³/mol. The third kappa shape index (κ3) is 4.94. The minimum Gasteiger partial charge on any atom is -0.380 e. The molecule has 0 aromatic heterocycles. The summed E-state index contributed by atoms with van der Waals surface area (Å²) in [5.74, 6) is -0.0497. The van der Waals surface area contributed by atoms with E-state index in [1.165, 1.54) is 0 Å². The van der Waals surface area contributed by atoms with Gasteiger partial charge < -0.3 is 10.2 Å². The number of aryl methyl sites for hydroxylation is 2. The number of sulfonamides is 1. The Balaban J connectivity index is 1.40. The van der Waals surface area contributed by atoms with Gasteiger partial charge in [0.05, 0.1) is 4.90 Å². The van der Waals surface area contributed by atoms with Gasteiger partial charge in [-0.2, -0.15) is 0 Å². The van der Waals surface area contributed by atoms with Gasteiger partial charge in [0.1, 0.15) is 0 Å². The lowest BCUT2D eigenvalue weighted by Crippen LogP contribution is -2.31. The fraction of sp³-hybridized carbons (Fsp3) is 0.240. The maximum atomic E-state index is 12.9. The predicted octanol–water partition coefficient (Wildman–Crippen LogP) is 4.43. The number of carbonyl (C=O) groups excluding carboxylic acids is 1. The zero-order valence-electron chi connectivity index (χ0n) is 18.2. The number of nitrogens with one attached hydrogen (secondary N) is 2. The first-order chi connectivity index (χ1) is 15.3. The van der Waals surface area contributed by atoms with Gasteiger partial charge in [0.15, 0.2) is 0 Å². The van der Waals surface area contributed by atoms with Gasteiger partial charge in [-0.25, -0.2) is 8.42 Å². The van der Waals surface area contributed by atoms with Crippen molar-refractivity contribution < 1.29 is 13.2 Å². The van der Waals surface area contributed by atoms with E-state index < -0.39 is 10.0 Å². The molecule has 1 amide bonds. The van der Waals surface area contributed by atoms with E-state index in [9.17, 15) is 13.2 Å². The first kappa shape index (κ1) is 21.9. The summed E-state index contributed by atoms with van der Waals surface area (Å²) in [6.45, 7) is 4.95. The van der Waals surface area contributed by atoms with Crippen molar-refractivity contribution in [1.29, 1.82) is 0 Å². The minimum absolute atomic E-state index is 0.0497. The Morgan fingerprint density at radius 1 is 0.938 bits per heavy atom. The van der Waals surface area contributed by atoms with Crippen LogP contribution in [0.25, 0.3) is 0 Å². The van der Waals surface area contributed by atoms with Crippen LogP contribution in [0.5, 0.6) is 0 Å². The minimum atomic E-state index is -3.71. The number of amides is 1. The fourth-order valence-electron chi connectivity index (χ4n) is 3.90. The molecule has 1 aliphatic heterocycles. The van der Waals surface area contributed by atoms with Crippen LogP contribution in [0.15, 0.2) is 77.7 Å². The van der Waals surface area contributed by atoms with Crippen molar-refractivity contribution >= 4 is 27.3 Å². The molecule has 3 aromatic rings. The van der Waals surface area contributed by atoms with Crippen molar-refractivity contribution in [2.24, 2.45) is 0 Å². The third-order valence-electron chi connectivity index (χ3n) is 5.64. The zero-order valence-corrected chi connectivity index (χ0v) is 19.0. The Morgan fingerprint density at radius 2 is 1.66 bits per heavy atom. The van der Waals surface area contributed by atoms with Gasteiger partial charge in [0, 0.05) is 36.1 Å². The molecule has 32 heavy (non-hydrogen) atoms. The molecule has 1 heterocycles. The van der Waals surface area contributed by atoms with E-state index >= 15 is 0 Å². The van der Waals surface area contributed by atoms with Crippen LogP contribution in [0.2, 0.25) is 0 Å². The van der Waals surface area contributed by atoms with Crippen LogP contribution in [-0.4, -0.2) is 38.4 Å². The molecular formula is C25H27N3O3S. The summed E-state index contributed by atoms with van der Waals surface area (Å²) >= 11 is 0. The smallest absolute Gasteiger partial charge is 0.262 e. The number of likely N-dealkylation sites (tertiary alicyclic amines) is 1. The maximum absolute atomic E-state index is 12.9. The molecule has 4 rings (SSSR count). The van der Waals surface area contributed by atoms with Crippen molar-refractivity contribution in [2.75, 3.05) is 23.1 Å². The first-order valence-corrected chi connectivity index (χ1v) is 12.1. The van der Waals surface area contributed by atoms with Crippen LogP contribution in [0.4, 0.5) is 11.4 Å². The van der Waals surface area contributed by atoms with Gasteiger partial charge >= 0.3 is 0 Å². The van der Waals surface area contributed by atoms with Crippen LogP contribution in [0.3, 0.4) is 0 Å². The highest BCUT2D eigenvalue weighted by Crippen LogP contribution is 2.22. The number of hydrogen-bond acceptors (Lipinski definition) is 4. The summed E-state index contributed by atoms with van der Waals surface area (Å²) in [6, 6.07) is 22.1. The average molecular weight is 450 g/mol. The van der Waals surface area contributed by atoms with Gasteiger partial charge in [-0.3, -0.25) is 9.52 Å². The number of nitrogens with zero attached hydrogens (tertiary/aromatic N) is 1. The Kier molecular flexibility index (Phi) is 6.19. The second kappa shape index (κ2) is 9.04. The molecule has 0 bridgehead atoms. The molecule has 0 spiro atoms. The second-order valence-electron chi connectivity index (χ2n) is 8.20. The number of para-hydroxylation sites is 1. The van der Waals surface area contributed by atoms with Gasteiger partial charge in [0.25, 0.3) is 15.9 Å². The first-order valence-electron chi connectivity index (χ1n) is 10.6. The van der Waals surface area contributed by atoms with Crippen LogP contribution in [-0.2, 0) is 10.0 Å². The van der Waals surface area contributed by atoms with Gasteiger partial charge in [-0.1, -0.05) is 30.3 Å². The monoisotopic (exact) mass is 449 g/mol. The van der Waals surface area contributed by atoms with Crippen molar-refractivity contribution in [3.63, 3.8) is 0 Å². The summed E-state index contributed by atoms with van der Waals surface area (Å²) in [6.07, 6.45) is 0.883. The van der Waals surface area contributed by atoms with Gasteiger partial charge in [-0.15, -0.1) is 0 Å². The van der Waals surface area contributed by atoms with Gasteiger partial charge in [0.2, 0.25) is 0 Å². The van der Waals surface area contributed by atoms with Crippen molar-refractivity contribution in [2.45, 2.75) is 31.2 Å². The molecule has 1 atom stereocenters. The van der Waals surface area contributed by atoms with Crippen molar-refractivity contribution in [3.05, 3.63) is 89.5 Å². The maximum Gasteiger partial charge on any atom is 0.262 e. The van der Waals surface area contributed by atoms with Crippen LogP contribution in [0.1, 0.15) is 27.9 Å². The number of hydrogen-bond donors (Lipinski definition) is 2. The van der Waals surface area contributed by atoms with Crippen molar-refractivity contribution in [3.8, 4) is 0 Å². The summed E-state index contributed by atoms with van der Waals surface area (Å²) in [7, 11) is -3.71. The summed E-state index contributed by atoms with van der Waals surface area (Å²) < 4.78 is 28.2. The largest absolute Gasteiger partial charge is 0.380 e. The molecule has 1 fully saturated rings. The van der Waals surface area contributed by atoms with E-state index in [1.54, 1.807) is 43.3 Å². The second-order valence-corrected chi connectivity index (χ2v) is 9.85. The Labute approximate surface area is 189 Å². The SMILES string of the molecule is Cc1ccc(C)c(S(=O)(=O)Nc2ccc(C(=O)N3CCC(Nc4ccccc4)C3)cc2)c1. The molecular weight excluding hydrogens is 422 g/mol. The summed E-state index contributed by atoms with van der Waals surface area (Å²) in [4.78, 5) is 15.0. The molecule has 2 N–H and O–H groups in total. The molecule has 166 valence electrons. The lowest BCUT2D eigenvalue weighted by atomic mass is 10.2. The number of rotatable bonds is 6. The number of carbonyl (C=O) groups is 1. The van der Waals surface area contributed by atoms with E-state index in [2.05, 4.69) is 10.0 Å². The van der Waals surface area contributed by atoms with E-state index in [-0.39, 0.29) is 16.8 Å². The van der Waals surface area contributed by atoms with Crippen LogP contribution < -0.4 is 10.0 Å². The van der Waals surface area contributed by atoms with Gasteiger partial charge in [-0.05, 0) is 73.9 Å². The third-order valence-corrected chi connectivity index (χ3v) is 7.16. The summed E-state index contributed by atoms with van der Waals surface area (Å²) in [5, 5.41) is 3.47. The van der Waals surface area contributed by atoms with Crippen LogP contribution >= 0.6 is 0 Å². The number of anilines is 2. The summed E-state index contributed by atoms with van der Waals surface area (Å²) in [5.41, 5.74) is 3.57. The van der Waals surface area contributed by atoms with Crippen LogP contribution in [0, 0.1) is 13.8 Å². The quantitative estimate of drug-likeness (QED) is 0.584. The van der Waals surface area contributed by atoms with E-state index in [0.29, 0.717) is 29.9 Å². The average Bonchev–Trinajstić information content (AvgIpc) is 3.24. The molecule has 3 aromatic carbocycles. The standard InChI is InChI=1S/C25H27N3O3S/c1-18-8-9-19(2)24(16-18)32(30,31)27-22-12-10-20(11-13-22)25(29)28-15-14-23(17-28)26-21-6-4-3-5-7-21/h3-13,16,23,26-27H,14-15,17H2,1-2H3. The topological polar surface area (TPSA) is 78.5 Å². The zero-order chi connectivity index (χ0) is 22.7. The molecule has 0 radical (unpaired) electrons. The highest BCUT2D eigenvalue weighted by molar-refractivity contribution is 7.92. The Hall–Kier alpha value is -3.32. The van der Waals surface area contributed by atoms with Crippen molar-refractivity contribution in [1.82, 2.24) is 4.90 Å². The van der Waals surface area contributed by atoms with E-state index in [1.807, 2.05) is 48.2 Å². The molecule has 1 unspecified atom stereocenters. The fourth-order valence-corrected chi connectivity index (χ4v) is 5.29.